The molecule has 1 atom stereocenters. The lowest BCUT2D eigenvalue weighted by atomic mass is 10.1. The molecule has 9 heteroatoms. The molecule has 5 nitrogen and oxygen atoms in total. The third-order valence-electron chi connectivity index (χ3n) is 3.59. The van der Waals surface area contributed by atoms with Gasteiger partial charge in [-0.15, -0.1) is 12.4 Å². The minimum Gasteiger partial charge on any atom is -0.333 e. The second-order valence-corrected chi connectivity index (χ2v) is 5.53. The number of anilines is 1. The fourth-order valence-electron chi connectivity index (χ4n) is 2.50. The van der Waals surface area contributed by atoms with E-state index in [2.05, 4.69) is 10.6 Å². The number of nitrogens with zero attached hydrogens (tertiary/aromatic N) is 1. The van der Waals surface area contributed by atoms with Crippen molar-refractivity contribution < 1.29 is 22.8 Å². The summed E-state index contributed by atoms with van der Waals surface area (Å²) in [5.74, 6) is -0.977. The van der Waals surface area contributed by atoms with Gasteiger partial charge in [0.15, 0.2) is 0 Å². The molecule has 0 aliphatic carbocycles. The number of carbonyl (C=O) groups is 2. The molecule has 134 valence electrons. The molecule has 1 aromatic carbocycles. The van der Waals surface area contributed by atoms with E-state index in [4.69, 9.17) is 0 Å². The van der Waals surface area contributed by atoms with Crippen LogP contribution in [-0.2, 0) is 11.0 Å². The van der Waals surface area contributed by atoms with Gasteiger partial charge in [-0.2, -0.15) is 13.2 Å². The predicted molar refractivity (Wildman–Crippen MR) is 86.4 cm³/mol. The zero-order valence-electron chi connectivity index (χ0n) is 13.2. The Bertz CT molecular complexity index is 622. The van der Waals surface area contributed by atoms with Crippen molar-refractivity contribution in [2.45, 2.75) is 26.1 Å². The van der Waals surface area contributed by atoms with Gasteiger partial charge in [0, 0.05) is 43.9 Å². The second-order valence-electron chi connectivity index (χ2n) is 5.53. The summed E-state index contributed by atoms with van der Waals surface area (Å²) >= 11 is 0. The largest absolute Gasteiger partial charge is 0.416 e. The normalized spacial score (nSPS) is 17.9. The van der Waals surface area contributed by atoms with Gasteiger partial charge in [-0.05, 0) is 25.1 Å². The molecule has 2 amide bonds. The average Bonchev–Trinajstić information content (AvgIpc) is 2.45. The monoisotopic (exact) mass is 365 g/mol. The van der Waals surface area contributed by atoms with Crippen LogP contribution in [0.5, 0.6) is 0 Å². The first-order chi connectivity index (χ1) is 10.7. The molecule has 2 N–H and O–H groups in total. The van der Waals surface area contributed by atoms with E-state index in [-0.39, 0.29) is 29.7 Å². The Kier molecular flexibility index (Phi) is 6.62. The maximum Gasteiger partial charge on any atom is 0.416 e. The number of alkyl halides is 3. The first-order valence-electron chi connectivity index (χ1n) is 7.20. The Labute approximate surface area is 144 Å². The van der Waals surface area contributed by atoms with Crippen molar-refractivity contribution in [1.82, 2.24) is 10.2 Å². The number of rotatable bonds is 2. The Morgan fingerprint density at radius 1 is 1.29 bits per heavy atom. The van der Waals surface area contributed by atoms with Gasteiger partial charge >= 0.3 is 6.18 Å². The van der Waals surface area contributed by atoms with Gasteiger partial charge < -0.3 is 15.5 Å². The summed E-state index contributed by atoms with van der Waals surface area (Å²) < 4.78 is 39.1. The maximum atomic E-state index is 13.0. The maximum absolute atomic E-state index is 13.0. The third-order valence-corrected chi connectivity index (χ3v) is 3.59. The summed E-state index contributed by atoms with van der Waals surface area (Å²) in [6.07, 6.45) is -4.60. The number of benzene rings is 1. The highest BCUT2D eigenvalue weighted by molar-refractivity contribution is 5.97. The lowest BCUT2D eigenvalue weighted by Gasteiger charge is -2.34. The third kappa shape index (κ3) is 4.85. The van der Waals surface area contributed by atoms with E-state index in [9.17, 15) is 22.8 Å². The highest BCUT2D eigenvalue weighted by Crippen LogP contribution is 2.32. The lowest BCUT2D eigenvalue weighted by Crippen LogP contribution is -2.52. The van der Waals surface area contributed by atoms with E-state index < -0.39 is 23.6 Å². The molecule has 1 aromatic rings. The molecule has 0 bridgehead atoms. The van der Waals surface area contributed by atoms with Gasteiger partial charge in [-0.25, -0.2) is 0 Å². The Hall–Kier alpha value is -1.80. The number of nitrogens with one attached hydrogen (secondary N) is 2. The molecular formula is C15H19ClF3N3O2. The summed E-state index contributed by atoms with van der Waals surface area (Å²) in [5, 5.41) is 5.42. The minimum absolute atomic E-state index is 0. The molecule has 0 saturated carbocycles. The molecular weight excluding hydrogens is 347 g/mol. The minimum atomic E-state index is -4.60. The molecule has 1 aliphatic heterocycles. The number of carbonyl (C=O) groups excluding carboxylic acids is 2. The van der Waals surface area contributed by atoms with Crippen LogP contribution >= 0.6 is 12.4 Å². The Balaban J connectivity index is 0.00000288. The van der Waals surface area contributed by atoms with Crippen LogP contribution in [-0.4, -0.2) is 42.4 Å². The zero-order valence-corrected chi connectivity index (χ0v) is 14.1. The zero-order chi connectivity index (χ0) is 17.2. The van der Waals surface area contributed by atoms with Crippen molar-refractivity contribution in [3.8, 4) is 0 Å². The van der Waals surface area contributed by atoms with Crippen molar-refractivity contribution >= 4 is 29.9 Å². The summed E-state index contributed by atoms with van der Waals surface area (Å²) in [4.78, 5) is 25.2. The topological polar surface area (TPSA) is 61.4 Å². The lowest BCUT2D eigenvalue weighted by molar-refractivity contribution is -0.137. The quantitative estimate of drug-likeness (QED) is 0.846. The van der Waals surface area contributed by atoms with Crippen LogP contribution in [0.25, 0.3) is 0 Å². The van der Waals surface area contributed by atoms with Crippen molar-refractivity contribution in [2.24, 2.45) is 0 Å². The highest BCUT2D eigenvalue weighted by atomic mass is 35.5. The molecule has 24 heavy (non-hydrogen) atoms. The van der Waals surface area contributed by atoms with Gasteiger partial charge in [-0.1, -0.05) is 0 Å². The van der Waals surface area contributed by atoms with Crippen LogP contribution in [0.1, 0.15) is 29.8 Å². The first kappa shape index (κ1) is 20.2. The summed E-state index contributed by atoms with van der Waals surface area (Å²) in [5.41, 5.74) is -1.09. The van der Waals surface area contributed by atoms with E-state index in [1.807, 2.05) is 6.92 Å². The molecule has 1 aliphatic rings. The SMILES string of the molecule is CC(=O)Nc1cc(C(=O)N2CCNCC2C)cc(C(F)(F)F)c1.Cl. The van der Waals surface area contributed by atoms with Gasteiger partial charge in [-0.3, -0.25) is 9.59 Å². The van der Waals surface area contributed by atoms with E-state index in [1.165, 1.54) is 17.9 Å². The molecule has 0 spiro atoms. The Morgan fingerprint density at radius 3 is 2.50 bits per heavy atom. The molecule has 1 unspecified atom stereocenters. The van der Waals surface area contributed by atoms with E-state index in [0.29, 0.717) is 19.6 Å². The number of amides is 2. The fourth-order valence-corrected chi connectivity index (χ4v) is 2.50. The molecule has 1 heterocycles. The summed E-state index contributed by atoms with van der Waals surface area (Å²) in [6.45, 7) is 4.62. The molecule has 0 aromatic heterocycles. The Morgan fingerprint density at radius 2 is 1.96 bits per heavy atom. The van der Waals surface area contributed by atoms with Crippen LogP contribution in [0, 0.1) is 0 Å². The van der Waals surface area contributed by atoms with Crippen molar-refractivity contribution in [3.05, 3.63) is 29.3 Å². The van der Waals surface area contributed by atoms with Crippen LogP contribution in [0.15, 0.2) is 18.2 Å². The molecule has 2 rings (SSSR count). The molecule has 1 fully saturated rings. The molecule has 0 radical (unpaired) electrons. The molecule has 1 saturated heterocycles. The first-order valence-corrected chi connectivity index (χ1v) is 7.20. The van der Waals surface area contributed by atoms with Gasteiger partial charge in [0.25, 0.3) is 5.91 Å². The van der Waals surface area contributed by atoms with Gasteiger partial charge in [0.05, 0.1) is 5.56 Å². The highest BCUT2D eigenvalue weighted by Gasteiger charge is 2.33. The van der Waals surface area contributed by atoms with E-state index in [0.717, 1.165) is 12.1 Å². The van der Waals surface area contributed by atoms with E-state index >= 15 is 0 Å². The summed E-state index contributed by atoms with van der Waals surface area (Å²) in [6, 6.07) is 2.80. The fraction of sp³-hybridized carbons (Fsp3) is 0.467. The number of piperazine rings is 1. The van der Waals surface area contributed by atoms with Crippen LogP contribution in [0.2, 0.25) is 0 Å². The van der Waals surface area contributed by atoms with Crippen molar-refractivity contribution in [3.63, 3.8) is 0 Å². The standard InChI is InChI=1S/C15H18F3N3O2.ClH/c1-9-8-19-3-4-21(9)14(23)11-5-12(15(16,17)18)7-13(6-11)20-10(2)22;/h5-7,9,19H,3-4,8H2,1-2H3,(H,20,22);1H. The predicted octanol–water partition coefficient (Wildman–Crippen LogP) is 2.52. The average molecular weight is 366 g/mol. The van der Waals surface area contributed by atoms with Crippen LogP contribution in [0.3, 0.4) is 0 Å². The van der Waals surface area contributed by atoms with Gasteiger partial charge in [0.1, 0.15) is 0 Å². The van der Waals surface area contributed by atoms with Crippen molar-refractivity contribution in [1.29, 1.82) is 0 Å². The second kappa shape index (κ2) is 7.85. The van der Waals surface area contributed by atoms with Crippen molar-refractivity contribution in [2.75, 3.05) is 25.0 Å². The van der Waals surface area contributed by atoms with Gasteiger partial charge in [0.2, 0.25) is 5.91 Å². The number of halogens is 4. The van der Waals surface area contributed by atoms with Crippen LogP contribution < -0.4 is 10.6 Å². The summed E-state index contributed by atoms with van der Waals surface area (Å²) in [7, 11) is 0. The van der Waals surface area contributed by atoms with E-state index in [1.54, 1.807) is 0 Å². The van der Waals surface area contributed by atoms with Crippen LogP contribution in [0.4, 0.5) is 18.9 Å². The number of hydrogen-bond acceptors (Lipinski definition) is 3. The number of hydrogen-bond donors (Lipinski definition) is 2. The smallest absolute Gasteiger partial charge is 0.333 e.